The van der Waals surface area contributed by atoms with E-state index < -0.39 is 21.0 Å². The van der Waals surface area contributed by atoms with E-state index in [0.29, 0.717) is 18.7 Å². The van der Waals surface area contributed by atoms with Crippen molar-refractivity contribution in [3.05, 3.63) is 57.9 Å². The third kappa shape index (κ3) is 4.48. The van der Waals surface area contributed by atoms with Crippen molar-refractivity contribution in [1.29, 1.82) is 0 Å². The standard InChI is InChI=1S/C19H26N4O5S/c1-6-22(7-2)29(27,28)17-12-18(20(4)13-17)19(24)21(5)14(3)15-9-8-10-16(11-15)23(25)26/h8-14H,6-7H2,1-5H3. The average Bonchev–Trinajstić information content (AvgIpc) is 3.09. The first-order valence-electron chi connectivity index (χ1n) is 9.22. The van der Waals surface area contributed by atoms with Crippen LogP contribution in [0.4, 0.5) is 5.69 Å². The Labute approximate surface area is 170 Å². The van der Waals surface area contributed by atoms with E-state index in [2.05, 4.69) is 0 Å². The van der Waals surface area contributed by atoms with Crippen molar-refractivity contribution in [2.24, 2.45) is 7.05 Å². The van der Waals surface area contributed by atoms with Crippen molar-refractivity contribution >= 4 is 21.6 Å². The minimum atomic E-state index is -3.68. The van der Waals surface area contributed by atoms with Crippen LogP contribution in [0.15, 0.2) is 41.4 Å². The predicted molar refractivity (Wildman–Crippen MR) is 109 cm³/mol. The quantitative estimate of drug-likeness (QED) is 0.480. The van der Waals surface area contributed by atoms with E-state index in [4.69, 9.17) is 0 Å². The zero-order chi connectivity index (χ0) is 21.9. The third-order valence-electron chi connectivity index (χ3n) is 5.01. The van der Waals surface area contributed by atoms with E-state index in [9.17, 15) is 23.3 Å². The van der Waals surface area contributed by atoms with Gasteiger partial charge in [0.1, 0.15) is 10.6 Å². The SMILES string of the molecule is CCN(CC)S(=O)(=O)c1cc(C(=O)N(C)C(C)c2cccc([N+](=O)[O-])c2)n(C)c1. The maximum atomic E-state index is 13.0. The van der Waals surface area contributed by atoms with Crippen LogP contribution in [0.2, 0.25) is 0 Å². The number of hydrogen-bond donors (Lipinski definition) is 0. The molecule has 0 spiro atoms. The van der Waals surface area contributed by atoms with Gasteiger partial charge in [-0.1, -0.05) is 26.0 Å². The van der Waals surface area contributed by atoms with E-state index in [1.807, 2.05) is 0 Å². The summed E-state index contributed by atoms with van der Waals surface area (Å²) in [4.78, 5) is 25.0. The third-order valence-corrected chi connectivity index (χ3v) is 7.02. The molecule has 1 heterocycles. The zero-order valence-electron chi connectivity index (χ0n) is 17.2. The fourth-order valence-corrected chi connectivity index (χ4v) is 4.61. The summed E-state index contributed by atoms with van der Waals surface area (Å²) in [7, 11) is -0.491. The van der Waals surface area contributed by atoms with Crippen LogP contribution in [0.5, 0.6) is 0 Å². The normalized spacial score (nSPS) is 12.8. The predicted octanol–water partition coefficient (Wildman–Crippen LogP) is 2.80. The minimum Gasteiger partial charge on any atom is -0.345 e. The number of nitro benzene ring substituents is 1. The highest BCUT2D eigenvalue weighted by Crippen LogP contribution is 2.26. The fraction of sp³-hybridized carbons (Fsp3) is 0.421. The van der Waals surface area contributed by atoms with Gasteiger partial charge >= 0.3 is 0 Å². The molecule has 0 aliphatic rings. The van der Waals surface area contributed by atoms with Gasteiger partial charge in [-0.15, -0.1) is 0 Å². The molecular weight excluding hydrogens is 396 g/mol. The number of amides is 1. The largest absolute Gasteiger partial charge is 0.345 e. The molecule has 1 atom stereocenters. The lowest BCUT2D eigenvalue weighted by molar-refractivity contribution is -0.384. The summed E-state index contributed by atoms with van der Waals surface area (Å²) in [6, 6.07) is 7.02. The molecule has 158 valence electrons. The van der Waals surface area contributed by atoms with Crippen LogP contribution >= 0.6 is 0 Å². The summed E-state index contributed by atoms with van der Waals surface area (Å²) in [6.45, 7) is 5.93. The van der Waals surface area contributed by atoms with Crippen LogP contribution in [0.25, 0.3) is 0 Å². The molecule has 2 aromatic rings. The van der Waals surface area contributed by atoms with Crippen LogP contribution in [-0.2, 0) is 17.1 Å². The highest BCUT2D eigenvalue weighted by Gasteiger charge is 2.28. The number of hydrogen-bond acceptors (Lipinski definition) is 5. The average molecular weight is 423 g/mol. The van der Waals surface area contributed by atoms with Gasteiger partial charge < -0.3 is 9.47 Å². The van der Waals surface area contributed by atoms with E-state index in [-0.39, 0.29) is 22.2 Å². The molecule has 29 heavy (non-hydrogen) atoms. The van der Waals surface area contributed by atoms with Gasteiger partial charge in [-0.05, 0) is 18.6 Å². The molecule has 10 heteroatoms. The molecule has 0 fully saturated rings. The van der Waals surface area contributed by atoms with E-state index in [0.717, 1.165) is 0 Å². The number of non-ortho nitro benzene ring substituents is 1. The Bertz CT molecular complexity index is 1010. The first-order chi connectivity index (χ1) is 13.5. The molecule has 1 unspecified atom stereocenters. The fourth-order valence-electron chi connectivity index (χ4n) is 3.08. The van der Waals surface area contributed by atoms with E-state index >= 15 is 0 Å². The van der Waals surface area contributed by atoms with E-state index in [1.165, 1.54) is 38.2 Å². The molecule has 1 aromatic heterocycles. The Balaban J connectivity index is 2.34. The lowest BCUT2D eigenvalue weighted by Crippen LogP contribution is -2.31. The molecule has 0 bridgehead atoms. The first-order valence-corrected chi connectivity index (χ1v) is 10.7. The maximum Gasteiger partial charge on any atom is 0.270 e. The van der Waals surface area contributed by atoms with Gasteiger partial charge in [-0.3, -0.25) is 14.9 Å². The molecule has 0 aliphatic carbocycles. The number of benzene rings is 1. The van der Waals surface area contributed by atoms with Gasteiger partial charge in [0.25, 0.3) is 11.6 Å². The lowest BCUT2D eigenvalue weighted by Gasteiger charge is -2.25. The molecule has 0 radical (unpaired) electrons. The molecule has 2 rings (SSSR count). The Kier molecular flexibility index (Phi) is 6.81. The minimum absolute atomic E-state index is 0.0540. The summed E-state index contributed by atoms with van der Waals surface area (Å²) >= 11 is 0. The Morgan fingerprint density at radius 3 is 2.41 bits per heavy atom. The van der Waals surface area contributed by atoms with Crippen LogP contribution in [0.1, 0.15) is 42.9 Å². The number of carbonyl (C=O) groups is 1. The van der Waals surface area contributed by atoms with Crippen LogP contribution in [-0.4, -0.2) is 53.2 Å². The number of aryl methyl sites for hydroxylation is 1. The topological polar surface area (TPSA) is 106 Å². The van der Waals surface area contributed by atoms with Crippen LogP contribution in [0.3, 0.4) is 0 Å². The lowest BCUT2D eigenvalue weighted by atomic mass is 10.1. The monoisotopic (exact) mass is 422 g/mol. The Morgan fingerprint density at radius 1 is 1.24 bits per heavy atom. The number of nitrogens with zero attached hydrogens (tertiary/aromatic N) is 4. The molecular formula is C19H26N4O5S. The van der Waals surface area contributed by atoms with Crippen molar-refractivity contribution in [1.82, 2.24) is 13.8 Å². The summed E-state index contributed by atoms with van der Waals surface area (Å²) in [5.41, 5.74) is 0.775. The molecule has 0 saturated carbocycles. The van der Waals surface area contributed by atoms with Crippen molar-refractivity contribution in [3.63, 3.8) is 0 Å². The number of sulfonamides is 1. The van der Waals surface area contributed by atoms with Crippen molar-refractivity contribution in [3.8, 4) is 0 Å². The first kappa shape index (κ1) is 22.6. The molecule has 0 N–H and O–H groups in total. The highest BCUT2D eigenvalue weighted by atomic mass is 32.2. The molecule has 0 saturated heterocycles. The summed E-state index contributed by atoms with van der Waals surface area (Å²) in [5.74, 6) is -0.382. The van der Waals surface area contributed by atoms with Crippen molar-refractivity contribution in [2.75, 3.05) is 20.1 Å². The number of nitro groups is 1. The van der Waals surface area contributed by atoms with Gasteiger partial charge in [-0.25, -0.2) is 8.42 Å². The van der Waals surface area contributed by atoms with Gasteiger partial charge in [0, 0.05) is 45.5 Å². The highest BCUT2D eigenvalue weighted by molar-refractivity contribution is 7.89. The number of rotatable bonds is 8. The second-order valence-corrected chi connectivity index (χ2v) is 8.64. The smallest absolute Gasteiger partial charge is 0.270 e. The molecule has 1 aromatic carbocycles. The molecule has 9 nitrogen and oxygen atoms in total. The Hall–Kier alpha value is -2.72. The van der Waals surface area contributed by atoms with Crippen molar-refractivity contribution in [2.45, 2.75) is 31.7 Å². The summed E-state index contributed by atoms with van der Waals surface area (Å²) in [5, 5.41) is 11.0. The second kappa shape index (κ2) is 8.75. The Morgan fingerprint density at radius 2 is 1.86 bits per heavy atom. The van der Waals surface area contributed by atoms with Crippen LogP contribution in [0, 0.1) is 10.1 Å². The van der Waals surface area contributed by atoms with E-state index in [1.54, 1.807) is 47.0 Å². The van der Waals surface area contributed by atoms with Gasteiger partial charge in [0.15, 0.2) is 0 Å². The van der Waals surface area contributed by atoms with Crippen molar-refractivity contribution < 1.29 is 18.1 Å². The van der Waals surface area contributed by atoms with Crippen LogP contribution < -0.4 is 0 Å². The summed E-state index contributed by atoms with van der Waals surface area (Å²) < 4.78 is 28.3. The zero-order valence-corrected chi connectivity index (χ0v) is 18.0. The maximum absolute atomic E-state index is 13.0. The molecule has 1 amide bonds. The second-order valence-electron chi connectivity index (χ2n) is 6.71. The van der Waals surface area contributed by atoms with Gasteiger partial charge in [0.2, 0.25) is 10.0 Å². The summed E-state index contributed by atoms with van der Waals surface area (Å²) in [6.07, 6.45) is 1.42. The number of aromatic nitrogens is 1. The molecule has 0 aliphatic heterocycles. The van der Waals surface area contributed by atoms with Gasteiger partial charge in [-0.2, -0.15) is 4.31 Å². The number of carbonyl (C=O) groups excluding carboxylic acids is 1. The van der Waals surface area contributed by atoms with Gasteiger partial charge in [0.05, 0.1) is 11.0 Å².